The third-order valence-corrected chi connectivity index (χ3v) is 4.42. The molecule has 3 atom stereocenters. The number of esters is 1. The van der Waals surface area contributed by atoms with Gasteiger partial charge in [-0.1, -0.05) is 26.2 Å². The Morgan fingerprint density at radius 1 is 1.19 bits per heavy atom. The molecule has 0 heterocycles. The monoisotopic (exact) mass is 300 g/mol. The third-order valence-electron chi connectivity index (χ3n) is 4.42. The van der Waals surface area contributed by atoms with E-state index in [4.69, 9.17) is 9.47 Å². The molecule has 21 heavy (non-hydrogen) atoms. The number of carbonyl (C=O) groups excluding carboxylic acids is 1. The molecule has 0 aliphatic heterocycles. The van der Waals surface area contributed by atoms with Gasteiger partial charge in [0, 0.05) is 13.5 Å². The second-order valence-corrected chi connectivity index (χ2v) is 6.19. The van der Waals surface area contributed by atoms with E-state index in [2.05, 4.69) is 6.92 Å². The van der Waals surface area contributed by atoms with Gasteiger partial charge < -0.3 is 14.6 Å². The van der Waals surface area contributed by atoms with E-state index >= 15 is 0 Å². The second-order valence-electron chi connectivity index (χ2n) is 6.19. The van der Waals surface area contributed by atoms with Crippen LogP contribution >= 0.6 is 0 Å². The minimum atomic E-state index is -0.313. The molecule has 0 spiro atoms. The fourth-order valence-corrected chi connectivity index (χ4v) is 3.04. The molecule has 1 fully saturated rings. The molecule has 0 bridgehead atoms. The number of ether oxygens (including phenoxy) is 2. The van der Waals surface area contributed by atoms with Crippen LogP contribution in [0.4, 0.5) is 0 Å². The van der Waals surface area contributed by atoms with Crippen LogP contribution in [0.1, 0.15) is 71.1 Å². The molecular formula is C17H32O4. The lowest BCUT2D eigenvalue weighted by Crippen LogP contribution is -2.35. The summed E-state index contributed by atoms with van der Waals surface area (Å²) in [5, 5.41) is 9.76. The Kier molecular flexibility index (Phi) is 9.68. The predicted molar refractivity (Wildman–Crippen MR) is 83.1 cm³/mol. The number of hydrogen-bond donors (Lipinski definition) is 1. The average molecular weight is 300 g/mol. The van der Waals surface area contributed by atoms with E-state index in [-0.39, 0.29) is 18.2 Å². The maximum absolute atomic E-state index is 11.5. The largest absolute Gasteiger partial charge is 0.466 e. The van der Waals surface area contributed by atoms with Crippen LogP contribution < -0.4 is 0 Å². The van der Waals surface area contributed by atoms with Gasteiger partial charge in [0.25, 0.3) is 0 Å². The summed E-state index contributed by atoms with van der Waals surface area (Å²) in [6.07, 6.45) is 9.42. The van der Waals surface area contributed by atoms with E-state index < -0.39 is 0 Å². The Labute approximate surface area is 129 Å². The Hall–Kier alpha value is -0.610. The van der Waals surface area contributed by atoms with Crippen molar-refractivity contribution < 1.29 is 19.4 Å². The number of carbonyl (C=O) groups is 1. The predicted octanol–water partition coefficient (Wildman–Crippen LogP) is 3.46. The van der Waals surface area contributed by atoms with Crippen LogP contribution in [-0.4, -0.2) is 37.0 Å². The van der Waals surface area contributed by atoms with E-state index in [0.29, 0.717) is 18.9 Å². The first kappa shape index (κ1) is 18.4. The highest BCUT2D eigenvalue weighted by atomic mass is 16.5. The van der Waals surface area contributed by atoms with Crippen LogP contribution in [0.25, 0.3) is 0 Å². The van der Waals surface area contributed by atoms with Gasteiger partial charge in [-0.25, -0.2) is 0 Å². The van der Waals surface area contributed by atoms with Crippen molar-refractivity contribution >= 4 is 5.97 Å². The summed E-state index contributed by atoms with van der Waals surface area (Å²) in [7, 11) is 1.66. The molecule has 1 aliphatic rings. The molecule has 124 valence electrons. The van der Waals surface area contributed by atoms with Gasteiger partial charge in [-0.05, 0) is 44.4 Å². The Morgan fingerprint density at radius 3 is 2.71 bits per heavy atom. The quantitative estimate of drug-likeness (QED) is 0.496. The summed E-state index contributed by atoms with van der Waals surface area (Å²) < 4.78 is 10.6. The minimum absolute atomic E-state index is 0.0233. The van der Waals surface area contributed by atoms with Crippen molar-refractivity contribution in [2.75, 3.05) is 13.7 Å². The molecule has 0 radical (unpaired) electrons. The lowest BCUT2D eigenvalue weighted by atomic mass is 9.83. The first-order valence-corrected chi connectivity index (χ1v) is 8.53. The number of hydrogen-bond acceptors (Lipinski definition) is 4. The van der Waals surface area contributed by atoms with Gasteiger partial charge in [-0.15, -0.1) is 0 Å². The van der Waals surface area contributed by atoms with Gasteiger partial charge in [0.2, 0.25) is 0 Å². The highest BCUT2D eigenvalue weighted by Gasteiger charge is 2.28. The number of aliphatic hydroxyl groups excluding tert-OH is 1. The Bertz CT molecular complexity index is 280. The van der Waals surface area contributed by atoms with E-state index in [9.17, 15) is 9.90 Å². The molecule has 1 rings (SSSR count). The molecule has 0 aromatic heterocycles. The molecule has 0 aromatic rings. The number of rotatable bonds is 10. The fraction of sp³-hybridized carbons (Fsp3) is 0.941. The zero-order valence-corrected chi connectivity index (χ0v) is 13.7. The van der Waals surface area contributed by atoms with E-state index in [1.807, 2.05) is 0 Å². The summed E-state index contributed by atoms with van der Waals surface area (Å²) in [4.78, 5) is 11.5. The summed E-state index contributed by atoms with van der Waals surface area (Å²) in [6.45, 7) is 2.69. The SMILES string of the molecule is CCCCCCC(=O)OCCCC1CCC(O)C(OC)C1. The highest BCUT2D eigenvalue weighted by molar-refractivity contribution is 5.69. The number of unbranched alkanes of at least 4 members (excludes halogenated alkanes) is 3. The van der Waals surface area contributed by atoms with Crippen LogP contribution in [0.5, 0.6) is 0 Å². The van der Waals surface area contributed by atoms with Gasteiger partial charge >= 0.3 is 5.97 Å². The molecule has 1 saturated carbocycles. The maximum atomic E-state index is 11.5. The molecule has 0 aromatic carbocycles. The topological polar surface area (TPSA) is 55.8 Å². The highest BCUT2D eigenvalue weighted by Crippen LogP contribution is 2.29. The minimum Gasteiger partial charge on any atom is -0.466 e. The third kappa shape index (κ3) is 7.82. The summed E-state index contributed by atoms with van der Waals surface area (Å²) in [6, 6.07) is 0. The van der Waals surface area contributed by atoms with Crippen LogP contribution in [0.3, 0.4) is 0 Å². The first-order valence-electron chi connectivity index (χ1n) is 8.53. The molecule has 3 unspecified atom stereocenters. The van der Waals surface area contributed by atoms with Crippen LogP contribution in [0.2, 0.25) is 0 Å². The van der Waals surface area contributed by atoms with Crippen LogP contribution in [-0.2, 0) is 14.3 Å². The van der Waals surface area contributed by atoms with E-state index in [1.54, 1.807) is 7.11 Å². The maximum Gasteiger partial charge on any atom is 0.305 e. The van der Waals surface area contributed by atoms with Gasteiger partial charge in [0.05, 0.1) is 18.8 Å². The average Bonchev–Trinajstić information content (AvgIpc) is 2.49. The van der Waals surface area contributed by atoms with Crippen molar-refractivity contribution in [2.45, 2.75) is 83.3 Å². The summed E-state index contributed by atoms with van der Waals surface area (Å²) in [5.41, 5.74) is 0. The van der Waals surface area contributed by atoms with Crippen molar-refractivity contribution in [3.63, 3.8) is 0 Å². The fourth-order valence-electron chi connectivity index (χ4n) is 3.04. The second kappa shape index (κ2) is 11.0. The van der Waals surface area contributed by atoms with Gasteiger partial charge in [0.15, 0.2) is 0 Å². The smallest absolute Gasteiger partial charge is 0.305 e. The summed E-state index contributed by atoms with van der Waals surface area (Å²) >= 11 is 0. The van der Waals surface area contributed by atoms with Crippen LogP contribution in [0, 0.1) is 5.92 Å². The van der Waals surface area contributed by atoms with Gasteiger partial charge in [0.1, 0.15) is 0 Å². The van der Waals surface area contributed by atoms with Crippen molar-refractivity contribution in [3.05, 3.63) is 0 Å². The van der Waals surface area contributed by atoms with Crippen molar-refractivity contribution in [1.29, 1.82) is 0 Å². The molecule has 1 N–H and O–H groups in total. The lowest BCUT2D eigenvalue weighted by Gasteiger charge is -2.32. The Morgan fingerprint density at radius 2 is 2.00 bits per heavy atom. The van der Waals surface area contributed by atoms with Crippen molar-refractivity contribution in [2.24, 2.45) is 5.92 Å². The first-order chi connectivity index (χ1) is 10.2. The summed E-state index contributed by atoms with van der Waals surface area (Å²) in [5.74, 6) is 0.529. The van der Waals surface area contributed by atoms with Crippen molar-refractivity contribution in [1.82, 2.24) is 0 Å². The van der Waals surface area contributed by atoms with Gasteiger partial charge in [-0.2, -0.15) is 0 Å². The molecule has 0 amide bonds. The molecule has 4 heteroatoms. The van der Waals surface area contributed by atoms with E-state index in [0.717, 1.165) is 44.9 Å². The molecular weight excluding hydrogens is 268 g/mol. The lowest BCUT2D eigenvalue weighted by molar-refractivity contribution is -0.144. The number of aliphatic hydroxyl groups is 1. The Balaban J connectivity index is 2.02. The van der Waals surface area contributed by atoms with Gasteiger partial charge in [-0.3, -0.25) is 4.79 Å². The van der Waals surface area contributed by atoms with Crippen LogP contribution in [0.15, 0.2) is 0 Å². The number of methoxy groups -OCH3 is 1. The molecule has 4 nitrogen and oxygen atoms in total. The van der Waals surface area contributed by atoms with E-state index in [1.165, 1.54) is 12.8 Å². The van der Waals surface area contributed by atoms with Crippen molar-refractivity contribution in [3.8, 4) is 0 Å². The zero-order chi connectivity index (χ0) is 15.5. The molecule has 0 saturated heterocycles. The normalized spacial score (nSPS) is 25.8. The standard InChI is InChI=1S/C17H32O4/c1-3-4-5-6-9-17(19)21-12-7-8-14-10-11-15(18)16(13-14)20-2/h14-16,18H,3-13H2,1-2H3. The zero-order valence-electron chi connectivity index (χ0n) is 13.7. The molecule has 1 aliphatic carbocycles.